The van der Waals surface area contributed by atoms with Crippen LogP contribution in [0.2, 0.25) is 0 Å². The van der Waals surface area contributed by atoms with Gasteiger partial charge in [0.2, 0.25) is 5.91 Å². The zero-order valence-electron chi connectivity index (χ0n) is 30.0. The number of Topliss-reactive ketones (excluding diaryl/α,β-unsaturated/α-hetero) is 1. The van der Waals surface area contributed by atoms with Gasteiger partial charge in [-0.1, -0.05) is 58.6 Å². The van der Waals surface area contributed by atoms with E-state index in [1.165, 1.54) is 64.2 Å². The van der Waals surface area contributed by atoms with Gasteiger partial charge in [0.15, 0.2) is 0 Å². The Morgan fingerprint density at radius 2 is 1.77 bits per heavy atom. The third-order valence-corrected chi connectivity index (χ3v) is 12.7. The highest BCUT2D eigenvalue weighted by Crippen LogP contribution is 2.66. The topological polar surface area (TPSA) is 64.6 Å². The minimum Gasteiger partial charge on any atom is -0.375 e. The van der Waals surface area contributed by atoms with Crippen LogP contribution >= 0.6 is 0 Å². The van der Waals surface area contributed by atoms with E-state index in [1.807, 2.05) is 27.7 Å². The van der Waals surface area contributed by atoms with Crippen molar-refractivity contribution in [3.05, 3.63) is 11.6 Å². The number of unbranched alkanes of at least 4 members (excludes halogenated alkanes) is 1. The van der Waals surface area contributed by atoms with Crippen LogP contribution in [0.5, 0.6) is 0 Å². The molecule has 0 spiro atoms. The normalized spacial score (nSPS) is 33.8. The largest absolute Gasteiger partial charge is 0.375 e. The lowest BCUT2D eigenvalue weighted by molar-refractivity contribution is -0.131. The second kappa shape index (κ2) is 14.3. The van der Waals surface area contributed by atoms with Gasteiger partial charge in [-0.2, -0.15) is 0 Å². The van der Waals surface area contributed by atoms with E-state index >= 15 is 0 Å². The summed E-state index contributed by atoms with van der Waals surface area (Å²) in [5.41, 5.74) is 1.59. The first-order valence-electron chi connectivity index (χ1n) is 18.3. The number of allylic oxidation sites excluding steroid dienone is 1. The second-order valence-electron chi connectivity index (χ2n) is 17.6. The van der Waals surface area contributed by atoms with Crippen LogP contribution in [0.1, 0.15) is 152 Å². The molecule has 0 heterocycles. The van der Waals surface area contributed by atoms with Crippen LogP contribution in [0.25, 0.3) is 0 Å². The molecule has 5 nitrogen and oxygen atoms in total. The van der Waals surface area contributed by atoms with E-state index in [4.69, 9.17) is 9.47 Å². The van der Waals surface area contributed by atoms with Gasteiger partial charge in [-0.3, -0.25) is 9.59 Å². The molecule has 3 fully saturated rings. The Morgan fingerprint density at radius 3 is 2.48 bits per heavy atom. The highest BCUT2D eigenvalue weighted by Gasteiger charge is 2.58. The first kappa shape index (κ1) is 35.7. The van der Waals surface area contributed by atoms with Gasteiger partial charge < -0.3 is 14.8 Å². The Morgan fingerprint density at radius 1 is 1.02 bits per heavy atom. The van der Waals surface area contributed by atoms with Gasteiger partial charge in [-0.05, 0) is 139 Å². The number of rotatable bonds is 15. The highest BCUT2D eigenvalue weighted by molar-refractivity contribution is 5.78. The van der Waals surface area contributed by atoms with Gasteiger partial charge in [0.1, 0.15) is 12.4 Å². The number of amides is 1. The lowest BCUT2D eigenvalue weighted by atomic mass is 9.47. The highest BCUT2D eigenvalue weighted by atomic mass is 16.5. The van der Waals surface area contributed by atoms with E-state index in [-0.39, 0.29) is 24.4 Å². The Labute approximate surface area is 270 Å². The molecule has 0 aromatic rings. The minimum absolute atomic E-state index is 0.0596. The SMILES string of the molecule is CC(=O)CC(C)(C)OCCC(C)(C)NC(=O)COC1CCC2(C)C(=CCC3C2CCC2(C)C(CCCCC(C)C)CCC32)C1. The molecule has 0 saturated heterocycles. The fraction of sp³-hybridized carbons (Fsp3) is 0.897. The van der Waals surface area contributed by atoms with Crippen LogP contribution < -0.4 is 5.32 Å². The van der Waals surface area contributed by atoms with Gasteiger partial charge in [-0.15, -0.1) is 0 Å². The van der Waals surface area contributed by atoms with Crippen LogP contribution in [0, 0.1) is 40.4 Å². The van der Waals surface area contributed by atoms with Crippen LogP contribution in [0.3, 0.4) is 0 Å². The zero-order valence-corrected chi connectivity index (χ0v) is 30.0. The van der Waals surface area contributed by atoms with Gasteiger partial charge in [0.25, 0.3) is 0 Å². The van der Waals surface area contributed by atoms with Crippen molar-refractivity contribution < 1.29 is 19.1 Å². The summed E-state index contributed by atoms with van der Waals surface area (Å²) < 4.78 is 12.2. The van der Waals surface area contributed by atoms with Crippen molar-refractivity contribution in [2.45, 2.75) is 169 Å². The maximum absolute atomic E-state index is 12.9. The number of carbonyl (C=O) groups is 2. The summed E-state index contributed by atoms with van der Waals surface area (Å²) in [6.45, 7) is 20.1. The number of nitrogens with one attached hydrogen (secondary N) is 1. The van der Waals surface area contributed by atoms with E-state index in [0.29, 0.717) is 30.3 Å². The summed E-state index contributed by atoms with van der Waals surface area (Å²) in [5, 5.41) is 3.15. The maximum atomic E-state index is 12.9. The van der Waals surface area contributed by atoms with E-state index in [1.54, 1.807) is 12.5 Å². The smallest absolute Gasteiger partial charge is 0.246 e. The van der Waals surface area contributed by atoms with E-state index in [9.17, 15) is 9.59 Å². The molecule has 0 aromatic carbocycles. The summed E-state index contributed by atoms with van der Waals surface area (Å²) in [5.74, 6) is 4.40. The van der Waals surface area contributed by atoms with Crippen LogP contribution in [-0.4, -0.2) is 42.1 Å². The average molecular weight is 614 g/mol. The lowest BCUT2D eigenvalue weighted by Crippen LogP contribution is -2.50. The third-order valence-electron chi connectivity index (χ3n) is 12.7. The summed E-state index contributed by atoms with van der Waals surface area (Å²) in [7, 11) is 0. The molecule has 3 saturated carbocycles. The Hall–Kier alpha value is -1.20. The average Bonchev–Trinajstić information content (AvgIpc) is 3.24. The molecule has 4 aliphatic carbocycles. The summed E-state index contributed by atoms with van der Waals surface area (Å²) in [6, 6.07) is 0. The second-order valence-corrected chi connectivity index (χ2v) is 17.6. The fourth-order valence-electron chi connectivity index (χ4n) is 10.2. The Kier molecular flexibility index (Phi) is 11.6. The van der Waals surface area contributed by atoms with Gasteiger partial charge >= 0.3 is 0 Å². The predicted octanol–water partition coefficient (Wildman–Crippen LogP) is 9.23. The summed E-state index contributed by atoms with van der Waals surface area (Å²) >= 11 is 0. The molecule has 44 heavy (non-hydrogen) atoms. The van der Waals surface area contributed by atoms with Crippen LogP contribution in [-0.2, 0) is 19.1 Å². The first-order valence-corrected chi connectivity index (χ1v) is 18.3. The summed E-state index contributed by atoms with van der Waals surface area (Å²) in [6.07, 6.45) is 19.7. The number of hydrogen-bond acceptors (Lipinski definition) is 4. The van der Waals surface area contributed by atoms with Gasteiger partial charge in [0, 0.05) is 18.6 Å². The lowest BCUT2D eigenvalue weighted by Gasteiger charge is -2.58. The number of fused-ring (bicyclic) bond motifs is 5. The van der Waals surface area contributed by atoms with E-state index in [0.717, 1.165) is 42.4 Å². The molecule has 0 bridgehead atoms. The van der Waals surface area contributed by atoms with Crippen molar-refractivity contribution in [3.8, 4) is 0 Å². The quantitative estimate of drug-likeness (QED) is 0.148. The molecule has 5 heteroatoms. The number of ether oxygens (including phenoxy) is 2. The molecule has 0 aromatic heterocycles. The maximum Gasteiger partial charge on any atom is 0.246 e. The van der Waals surface area contributed by atoms with Crippen LogP contribution in [0.4, 0.5) is 0 Å². The molecule has 7 unspecified atom stereocenters. The molecule has 7 atom stereocenters. The zero-order chi connectivity index (χ0) is 32.3. The monoisotopic (exact) mass is 614 g/mol. The molecule has 0 radical (unpaired) electrons. The van der Waals surface area contributed by atoms with Crippen LogP contribution in [0.15, 0.2) is 11.6 Å². The summed E-state index contributed by atoms with van der Waals surface area (Å²) in [4.78, 5) is 24.4. The van der Waals surface area contributed by atoms with Crippen molar-refractivity contribution in [1.82, 2.24) is 5.32 Å². The third kappa shape index (κ3) is 8.58. The molecule has 1 N–H and O–H groups in total. The number of carbonyl (C=O) groups excluding carboxylic acids is 2. The first-order chi connectivity index (χ1) is 20.5. The van der Waals surface area contributed by atoms with Crippen molar-refractivity contribution in [3.63, 3.8) is 0 Å². The minimum atomic E-state index is -0.484. The Balaban J connectivity index is 1.25. The molecule has 252 valence electrons. The van der Waals surface area contributed by atoms with Gasteiger partial charge in [0.05, 0.1) is 11.7 Å². The van der Waals surface area contributed by atoms with E-state index < -0.39 is 11.1 Å². The van der Waals surface area contributed by atoms with Crippen molar-refractivity contribution >= 4 is 11.7 Å². The molecule has 4 rings (SSSR count). The molecular weight excluding hydrogens is 546 g/mol. The van der Waals surface area contributed by atoms with Crippen molar-refractivity contribution in [2.24, 2.45) is 40.4 Å². The Bertz CT molecular complexity index is 1030. The molecule has 4 aliphatic rings. The predicted molar refractivity (Wildman–Crippen MR) is 180 cm³/mol. The molecular formula is C39H67NO4. The fourth-order valence-corrected chi connectivity index (χ4v) is 10.2. The number of hydrogen-bond donors (Lipinski definition) is 1. The van der Waals surface area contributed by atoms with Crippen molar-refractivity contribution in [1.29, 1.82) is 0 Å². The van der Waals surface area contributed by atoms with Crippen molar-refractivity contribution in [2.75, 3.05) is 13.2 Å². The van der Waals surface area contributed by atoms with Gasteiger partial charge in [-0.25, -0.2) is 0 Å². The molecule has 1 amide bonds. The standard InChI is InChI=1S/C39H67NO4/c1-27(2)12-10-11-13-29-15-17-33-32-16-14-30-24-31(18-20-39(30,9)34(32)19-21-38(29,33)8)43-26-35(42)40-36(4,5)22-23-44-37(6,7)25-28(3)41/h14,27,29,31-34H,10-13,15-26H2,1-9H3,(H,40,42). The molecule has 0 aliphatic heterocycles. The van der Waals surface area contributed by atoms with E-state index in [2.05, 4.69) is 39.1 Å². The number of ketones is 1.